The zero-order chi connectivity index (χ0) is 17.0. The minimum Gasteiger partial charge on any atom is -0.345 e. The first kappa shape index (κ1) is 16.5. The van der Waals surface area contributed by atoms with Crippen molar-refractivity contribution in [3.8, 4) is 17.0 Å². The second-order valence-corrected chi connectivity index (χ2v) is 7.10. The number of thiazole rings is 1. The number of hydrogen-bond donors (Lipinski definition) is 0. The molecule has 3 rings (SSSR count). The molecule has 0 bridgehead atoms. The standard InChI is InChI=1S/C17H16N2O3S2/c1-2-19(24(20,21)22-17-12-23-13-18-17)16-11-7-6-10-15(16)14-8-4-3-5-9-14/h3-13H,2H2,1H3. The maximum Gasteiger partial charge on any atom is 0.411 e. The van der Waals surface area contributed by atoms with Crippen LogP contribution in [0.25, 0.3) is 11.1 Å². The van der Waals surface area contributed by atoms with Gasteiger partial charge in [-0.25, -0.2) is 9.29 Å². The highest BCUT2D eigenvalue weighted by atomic mass is 32.2. The third-order valence-corrected chi connectivity index (χ3v) is 5.36. The van der Waals surface area contributed by atoms with Crippen molar-refractivity contribution in [3.05, 3.63) is 65.5 Å². The minimum atomic E-state index is -4.00. The van der Waals surface area contributed by atoms with Crippen LogP contribution in [0.15, 0.2) is 65.5 Å². The Morgan fingerprint density at radius 2 is 1.79 bits per heavy atom. The van der Waals surface area contributed by atoms with Crippen LogP contribution in [0, 0.1) is 0 Å². The van der Waals surface area contributed by atoms with E-state index in [1.165, 1.54) is 21.2 Å². The summed E-state index contributed by atoms with van der Waals surface area (Å²) in [5.41, 5.74) is 3.86. The van der Waals surface area contributed by atoms with Crippen LogP contribution >= 0.6 is 11.3 Å². The Labute approximate surface area is 145 Å². The fourth-order valence-electron chi connectivity index (χ4n) is 2.40. The van der Waals surface area contributed by atoms with Crippen molar-refractivity contribution < 1.29 is 12.6 Å². The zero-order valence-corrected chi connectivity index (χ0v) is 14.6. The molecule has 1 heterocycles. The number of benzene rings is 2. The zero-order valence-electron chi connectivity index (χ0n) is 13.0. The lowest BCUT2D eigenvalue weighted by atomic mass is 10.0. The molecular formula is C17H16N2O3S2. The van der Waals surface area contributed by atoms with Crippen molar-refractivity contribution in [2.24, 2.45) is 0 Å². The Morgan fingerprint density at radius 1 is 1.08 bits per heavy atom. The fraction of sp³-hybridized carbons (Fsp3) is 0.118. The summed E-state index contributed by atoms with van der Waals surface area (Å²) >= 11 is 1.28. The topological polar surface area (TPSA) is 59.5 Å². The quantitative estimate of drug-likeness (QED) is 0.668. The molecule has 0 saturated heterocycles. The van der Waals surface area contributed by atoms with Crippen molar-refractivity contribution in [2.45, 2.75) is 6.92 Å². The Bertz CT molecular complexity index is 895. The minimum absolute atomic E-state index is 0.0793. The molecule has 24 heavy (non-hydrogen) atoms. The molecule has 0 unspecified atom stereocenters. The van der Waals surface area contributed by atoms with Gasteiger partial charge in [-0.2, -0.15) is 8.42 Å². The van der Waals surface area contributed by atoms with E-state index in [4.69, 9.17) is 4.18 Å². The van der Waals surface area contributed by atoms with Crippen LogP contribution in [0.3, 0.4) is 0 Å². The molecule has 1 aromatic heterocycles. The van der Waals surface area contributed by atoms with E-state index >= 15 is 0 Å². The molecule has 0 aliphatic carbocycles. The van der Waals surface area contributed by atoms with Gasteiger partial charge in [0.1, 0.15) is 0 Å². The number of anilines is 1. The Kier molecular flexibility index (Phi) is 4.82. The first-order chi connectivity index (χ1) is 11.6. The third-order valence-electron chi connectivity index (χ3n) is 3.42. The molecule has 0 atom stereocenters. The first-order valence-electron chi connectivity index (χ1n) is 7.36. The average molecular weight is 360 g/mol. The number of rotatable bonds is 6. The summed E-state index contributed by atoms with van der Waals surface area (Å²) in [7, 11) is -4.00. The predicted molar refractivity (Wildman–Crippen MR) is 96.6 cm³/mol. The molecule has 0 aliphatic heterocycles. The molecule has 0 N–H and O–H groups in total. The van der Waals surface area contributed by atoms with Crippen molar-refractivity contribution in [3.63, 3.8) is 0 Å². The van der Waals surface area contributed by atoms with Gasteiger partial charge in [-0.15, -0.1) is 11.3 Å². The Hall–Kier alpha value is -2.38. The van der Waals surface area contributed by atoms with E-state index in [9.17, 15) is 8.42 Å². The lowest BCUT2D eigenvalue weighted by molar-refractivity contribution is 0.474. The van der Waals surface area contributed by atoms with Crippen LogP contribution in [0.2, 0.25) is 0 Å². The SMILES string of the molecule is CCN(c1ccccc1-c1ccccc1)S(=O)(=O)Oc1cscn1. The largest absolute Gasteiger partial charge is 0.411 e. The normalized spacial score (nSPS) is 11.2. The second-order valence-electron chi connectivity index (χ2n) is 4.92. The maximum atomic E-state index is 12.7. The Morgan fingerprint density at radius 3 is 2.46 bits per heavy atom. The van der Waals surface area contributed by atoms with Crippen LogP contribution in [-0.4, -0.2) is 19.9 Å². The van der Waals surface area contributed by atoms with Gasteiger partial charge in [0.05, 0.1) is 16.6 Å². The first-order valence-corrected chi connectivity index (χ1v) is 9.67. The van der Waals surface area contributed by atoms with Gasteiger partial charge in [0.2, 0.25) is 5.88 Å². The van der Waals surface area contributed by atoms with Gasteiger partial charge in [0, 0.05) is 12.1 Å². The summed E-state index contributed by atoms with van der Waals surface area (Å²) in [4.78, 5) is 3.88. The van der Waals surface area contributed by atoms with Crippen LogP contribution in [0.4, 0.5) is 5.69 Å². The lowest BCUT2D eigenvalue weighted by Gasteiger charge is -2.24. The summed E-state index contributed by atoms with van der Waals surface area (Å²) in [5.74, 6) is 0.0793. The molecule has 0 amide bonds. The van der Waals surface area contributed by atoms with Gasteiger partial charge < -0.3 is 4.18 Å². The Balaban J connectivity index is 2.03. The van der Waals surface area contributed by atoms with Crippen LogP contribution in [-0.2, 0) is 10.3 Å². The number of para-hydroxylation sites is 1. The molecule has 7 heteroatoms. The molecule has 2 aromatic carbocycles. The van der Waals surface area contributed by atoms with E-state index < -0.39 is 10.3 Å². The fourth-order valence-corrected chi connectivity index (χ4v) is 4.02. The van der Waals surface area contributed by atoms with Crippen molar-refractivity contribution in [1.82, 2.24) is 4.98 Å². The summed E-state index contributed by atoms with van der Waals surface area (Å²) in [6.45, 7) is 2.01. The highest BCUT2D eigenvalue weighted by Crippen LogP contribution is 2.32. The molecule has 0 radical (unpaired) electrons. The van der Waals surface area contributed by atoms with Gasteiger partial charge in [-0.1, -0.05) is 48.5 Å². The van der Waals surface area contributed by atoms with Gasteiger partial charge in [-0.05, 0) is 18.6 Å². The molecule has 0 aliphatic rings. The number of nitrogens with zero attached hydrogens (tertiary/aromatic N) is 2. The molecule has 124 valence electrons. The van der Waals surface area contributed by atoms with Crippen molar-refractivity contribution in [1.29, 1.82) is 0 Å². The molecule has 0 saturated carbocycles. The van der Waals surface area contributed by atoms with Crippen LogP contribution in [0.1, 0.15) is 6.92 Å². The molecule has 0 spiro atoms. The summed E-state index contributed by atoms with van der Waals surface area (Å²) < 4.78 is 31.7. The smallest absolute Gasteiger partial charge is 0.345 e. The third kappa shape index (κ3) is 3.42. The van der Waals surface area contributed by atoms with E-state index in [0.29, 0.717) is 5.69 Å². The number of aromatic nitrogens is 1. The second kappa shape index (κ2) is 7.02. The highest BCUT2D eigenvalue weighted by Gasteiger charge is 2.26. The van der Waals surface area contributed by atoms with E-state index in [1.54, 1.807) is 18.4 Å². The lowest BCUT2D eigenvalue weighted by Crippen LogP contribution is -2.34. The molecular weight excluding hydrogens is 344 g/mol. The van der Waals surface area contributed by atoms with Crippen LogP contribution in [0.5, 0.6) is 5.88 Å². The van der Waals surface area contributed by atoms with E-state index in [2.05, 4.69) is 4.98 Å². The maximum absolute atomic E-state index is 12.7. The molecule has 3 aromatic rings. The summed E-state index contributed by atoms with van der Waals surface area (Å²) in [6, 6.07) is 17.0. The van der Waals surface area contributed by atoms with Gasteiger partial charge in [0.15, 0.2) is 0 Å². The average Bonchev–Trinajstić information content (AvgIpc) is 3.09. The van der Waals surface area contributed by atoms with E-state index in [-0.39, 0.29) is 12.4 Å². The van der Waals surface area contributed by atoms with Crippen molar-refractivity contribution >= 4 is 27.3 Å². The van der Waals surface area contributed by atoms with Gasteiger partial charge in [-0.3, -0.25) is 0 Å². The van der Waals surface area contributed by atoms with Crippen LogP contribution < -0.4 is 8.49 Å². The molecule has 0 fully saturated rings. The number of hydrogen-bond acceptors (Lipinski definition) is 5. The monoisotopic (exact) mass is 360 g/mol. The van der Waals surface area contributed by atoms with Gasteiger partial charge in [0.25, 0.3) is 0 Å². The van der Waals surface area contributed by atoms with Crippen molar-refractivity contribution in [2.75, 3.05) is 10.8 Å². The molecule has 5 nitrogen and oxygen atoms in total. The predicted octanol–water partition coefficient (Wildman–Crippen LogP) is 3.96. The van der Waals surface area contributed by atoms with E-state index in [0.717, 1.165) is 11.1 Å². The highest BCUT2D eigenvalue weighted by molar-refractivity contribution is 7.88. The summed E-state index contributed by atoms with van der Waals surface area (Å²) in [5, 5.41) is 1.55. The summed E-state index contributed by atoms with van der Waals surface area (Å²) in [6.07, 6.45) is 0. The van der Waals surface area contributed by atoms with E-state index in [1.807, 2.05) is 48.5 Å². The van der Waals surface area contributed by atoms with Gasteiger partial charge >= 0.3 is 10.3 Å².